The maximum Gasteiger partial charge on any atom is 0.265 e. The van der Waals surface area contributed by atoms with Crippen LogP contribution in [0.15, 0.2) is 42.5 Å². The normalized spacial score (nSPS) is 15.9. The Morgan fingerprint density at radius 3 is 2.57 bits per heavy atom. The molecule has 6 heteroatoms. The van der Waals surface area contributed by atoms with Gasteiger partial charge in [-0.3, -0.25) is 9.59 Å². The van der Waals surface area contributed by atoms with Gasteiger partial charge in [0.15, 0.2) is 6.10 Å². The molecule has 2 N–H and O–H groups in total. The highest BCUT2D eigenvalue weighted by Gasteiger charge is 2.23. The van der Waals surface area contributed by atoms with Crippen LogP contribution in [0.4, 0.5) is 11.4 Å². The average Bonchev–Trinajstić information content (AvgIpc) is 2.62. The molecule has 1 aliphatic heterocycles. The van der Waals surface area contributed by atoms with Gasteiger partial charge in [0, 0.05) is 5.69 Å². The number of nitrogens with one attached hydrogen (secondary N) is 2. The SMILES string of the molecule is CC1Oc2ccc(NC(=O)CCOc3ccc(C(C)(C)C)cc3)cc2NC1=O. The number of benzene rings is 2. The standard InChI is InChI=1S/C22H26N2O4/c1-14-21(26)24-18-13-16(7-10-19(18)28-14)23-20(25)11-12-27-17-8-5-15(6-9-17)22(2,3)4/h5-10,13-14H,11-12H2,1-4H3,(H,23,25)(H,24,26). The third kappa shape index (κ3) is 4.82. The molecule has 0 spiro atoms. The Morgan fingerprint density at radius 2 is 1.89 bits per heavy atom. The lowest BCUT2D eigenvalue weighted by Gasteiger charge is -2.23. The molecule has 1 heterocycles. The molecule has 2 amide bonds. The van der Waals surface area contributed by atoms with Crippen LogP contribution < -0.4 is 20.1 Å². The number of amides is 2. The van der Waals surface area contributed by atoms with Crippen LogP contribution in [0, 0.1) is 0 Å². The van der Waals surface area contributed by atoms with E-state index in [-0.39, 0.29) is 30.3 Å². The van der Waals surface area contributed by atoms with E-state index in [0.29, 0.717) is 17.1 Å². The molecule has 1 aliphatic rings. The van der Waals surface area contributed by atoms with Crippen molar-refractivity contribution < 1.29 is 19.1 Å². The Labute approximate surface area is 165 Å². The molecule has 0 radical (unpaired) electrons. The molecule has 0 bridgehead atoms. The molecule has 1 unspecified atom stereocenters. The van der Waals surface area contributed by atoms with E-state index < -0.39 is 6.10 Å². The van der Waals surface area contributed by atoms with Crippen LogP contribution in [0.1, 0.15) is 39.7 Å². The van der Waals surface area contributed by atoms with Gasteiger partial charge in [-0.05, 0) is 48.2 Å². The Bertz CT molecular complexity index is 869. The van der Waals surface area contributed by atoms with Crippen LogP contribution in [-0.2, 0) is 15.0 Å². The summed E-state index contributed by atoms with van der Waals surface area (Å²) in [5, 5.41) is 5.57. The van der Waals surface area contributed by atoms with Crippen molar-refractivity contribution in [2.24, 2.45) is 0 Å². The second-order valence-electron chi connectivity index (χ2n) is 7.88. The van der Waals surface area contributed by atoms with Crippen LogP contribution in [-0.4, -0.2) is 24.5 Å². The minimum atomic E-state index is -0.525. The molecule has 1 atom stereocenters. The van der Waals surface area contributed by atoms with E-state index in [2.05, 4.69) is 31.4 Å². The fraction of sp³-hybridized carbons (Fsp3) is 0.364. The molecule has 6 nitrogen and oxygen atoms in total. The van der Waals surface area contributed by atoms with Crippen molar-refractivity contribution in [2.45, 2.75) is 45.6 Å². The van der Waals surface area contributed by atoms with Gasteiger partial charge in [0.1, 0.15) is 11.5 Å². The van der Waals surface area contributed by atoms with Crippen molar-refractivity contribution in [3.8, 4) is 11.5 Å². The summed E-state index contributed by atoms with van der Waals surface area (Å²) in [5.74, 6) is 0.959. The van der Waals surface area contributed by atoms with Crippen molar-refractivity contribution in [3.05, 3.63) is 48.0 Å². The number of ether oxygens (including phenoxy) is 2. The molecule has 2 aromatic rings. The van der Waals surface area contributed by atoms with E-state index in [9.17, 15) is 9.59 Å². The van der Waals surface area contributed by atoms with E-state index in [1.54, 1.807) is 25.1 Å². The molecular formula is C22H26N2O4. The lowest BCUT2D eigenvalue weighted by atomic mass is 9.87. The number of fused-ring (bicyclic) bond motifs is 1. The Balaban J connectivity index is 1.50. The quantitative estimate of drug-likeness (QED) is 0.816. The molecular weight excluding hydrogens is 356 g/mol. The third-order valence-electron chi connectivity index (χ3n) is 4.51. The predicted molar refractivity (Wildman–Crippen MR) is 109 cm³/mol. The van der Waals surface area contributed by atoms with Gasteiger partial charge in [-0.25, -0.2) is 0 Å². The van der Waals surface area contributed by atoms with E-state index in [0.717, 1.165) is 5.75 Å². The van der Waals surface area contributed by atoms with Gasteiger partial charge < -0.3 is 20.1 Å². The van der Waals surface area contributed by atoms with Crippen molar-refractivity contribution in [3.63, 3.8) is 0 Å². The summed E-state index contributed by atoms with van der Waals surface area (Å²) < 4.78 is 11.2. The van der Waals surface area contributed by atoms with Gasteiger partial charge in [0.05, 0.1) is 18.7 Å². The molecule has 0 fully saturated rings. The fourth-order valence-corrected chi connectivity index (χ4v) is 2.82. The molecule has 0 saturated carbocycles. The Hall–Kier alpha value is -3.02. The first-order valence-corrected chi connectivity index (χ1v) is 9.37. The summed E-state index contributed by atoms with van der Waals surface area (Å²) in [7, 11) is 0. The maximum absolute atomic E-state index is 12.2. The number of anilines is 2. The van der Waals surface area contributed by atoms with Gasteiger partial charge in [0.25, 0.3) is 5.91 Å². The van der Waals surface area contributed by atoms with Crippen molar-refractivity contribution in [1.29, 1.82) is 0 Å². The number of carbonyl (C=O) groups is 2. The highest BCUT2D eigenvalue weighted by atomic mass is 16.5. The highest BCUT2D eigenvalue weighted by molar-refractivity contribution is 5.99. The van der Waals surface area contributed by atoms with E-state index >= 15 is 0 Å². The van der Waals surface area contributed by atoms with E-state index in [4.69, 9.17) is 9.47 Å². The molecule has 0 saturated heterocycles. The zero-order valence-corrected chi connectivity index (χ0v) is 16.7. The lowest BCUT2D eigenvalue weighted by Crippen LogP contribution is -2.34. The van der Waals surface area contributed by atoms with Gasteiger partial charge >= 0.3 is 0 Å². The summed E-state index contributed by atoms with van der Waals surface area (Å²) in [5.41, 5.74) is 2.47. The molecule has 3 rings (SSSR count). The lowest BCUT2D eigenvalue weighted by molar-refractivity contribution is -0.122. The highest BCUT2D eigenvalue weighted by Crippen LogP contribution is 2.32. The third-order valence-corrected chi connectivity index (χ3v) is 4.51. The zero-order chi connectivity index (χ0) is 20.3. The Kier molecular flexibility index (Phi) is 5.58. The summed E-state index contributed by atoms with van der Waals surface area (Å²) >= 11 is 0. The second kappa shape index (κ2) is 7.92. The molecule has 2 aromatic carbocycles. The first kappa shape index (κ1) is 19.7. The maximum atomic E-state index is 12.2. The minimum absolute atomic E-state index is 0.0931. The summed E-state index contributed by atoms with van der Waals surface area (Å²) in [6, 6.07) is 13.1. The van der Waals surface area contributed by atoms with Gasteiger partial charge in [-0.2, -0.15) is 0 Å². The number of carbonyl (C=O) groups excluding carboxylic acids is 2. The van der Waals surface area contributed by atoms with Crippen LogP contribution >= 0.6 is 0 Å². The van der Waals surface area contributed by atoms with Crippen molar-refractivity contribution >= 4 is 23.2 Å². The van der Waals surface area contributed by atoms with Crippen LogP contribution in [0.3, 0.4) is 0 Å². The number of rotatable bonds is 5. The summed E-state index contributed by atoms with van der Waals surface area (Å²) in [6.07, 6.45) is -0.305. The summed E-state index contributed by atoms with van der Waals surface area (Å²) in [4.78, 5) is 23.9. The van der Waals surface area contributed by atoms with Crippen molar-refractivity contribution in [1.82, 2.24) is 0 Å². The number of hydrogen-bond acceptors (Lipinski definition) is 4. The van der Waals surface area contributed by atoms with E-state index in [1.807, 2.05) is 24.3 Å². The zero-order valence-electron chi connectivity index (χ0n) is 16.7. The first-order chi connectivity index (χ1) is 13.2. The minimum Gasteiger partial charge on any atom is -0.493 e. The molecule has 0 aromatic heterocycles. The second-order valence-corrected chi connectivity index (χ2v) is 7.88. The van der Waals surface area contributed by atoms with Gasteiger partial charge in [-0.15, -0.1) is 0 Å². The molecule has 28 heavy (non-hydrogen) atoms. The van der Waals surface area contributed by atoms with Gasteiger partial charge in [0.2, 0.25) is 5.91 Å². The van der Waals surface area contributed by atoms with Crippen LogP contribution in [0.25, 0.3) is 0 Å². The first-order valence-electron chi connectivity index (χ1n) is 9.37. The fourth-order valence-electron chi connectivity index (χ4n) is 2.82. The Morgan fingerprint density at radius 1 is 1.18 bits per heavy atom. The average molecular weight is 382 g/mol. The monoisotopic (exact) mass is 382 g/mol. The molecule has 148 valence electrons. The predicted octanol–water partition coefficient (Wildman–Crippen LogP) is 4.11. The van der Waals surface area contributed by atoms with Gasteiger partial charge in [-0.1, -0.05) is 32.9 Å². The van der Waals surface area contributed by atoms with E-state index in [1.165, 1.54) is 5.56 Å². The van der Waals surface area contributed by atoms with Crippen molar-refractivity contribution in [2.75, 3.05) is 17.2 Å². The summed E-state index contributed by atoms with van der Waals surface area (Å²) in [6.45, 7) is 8.44. The largest absolute Gasteiger partial charge is 0.493 e. The van der Waals surface area contributed by atoms with Crippen LogP contribution in [0.5, 0.6) is 11.5 Å². The molecule has 0 aliphatic carbocycles. The topological polar surface area (TPSA) is 76.7 Å². The smallest absolute Gasteiger partial charge is 0.265 e. The van der Waals surface area contributed by atoms with Crippen LogP contribution in [0.2, 0.25) is 0 Å². The number of hydrogen-bond donors (Lipinski definition) is 2.